The third-order valence-electron chi connectivity index (χ3n) is 4.67. The molecule has 3 rings (SSSR count). The van der Waals surface area contributed by atoms with E-state index in [-0.39, 0.29) is 11.6 Å². The minimum absolute atomic E-state index is 0.00994. The summed E-state index contributed by atoms with van der Waals surface area (Å²) in [6, 6.07) is 8.49. The smallest absolute Gasteiger partial charge is 0.267 e. The van der Waals surface area contributed by atoms with Crippen LogP contribution < -0.4 is 10.9 Å². The highest BCUT2D eigenvalue weighted by Gasteiger charge is 2.24. The summed E-state index contributed by atoms with van der Waals surface area (Å²) in [5, 5.41) is 8.09. The fraction of sp³-hybridized carbons (Fsp3) is 0.500. The molecule has 5 nitrogen and oxygen atoms in total. The van der Waals surface area contributed by atoms with Crippen molar-refractivity contribution in [2.45, 2.75) is 57.7 Å². The number of hydrogen-bond donors (Lipinski definition) is 1. The van der Waals surface area contributed by atoms with E-state index in [1.54, 1.807) is 23.0 Å². The van der Waals surface area contributed by atoms with Gasteiger partial charge in [0.15, 0.2) is 0 Å². The van der Waals surface area contributed by atoms with Crippen LogP contribution in [-0.4, -0.2) is 20.8 Å². The molecule has 0 saturated heterocycles. The molecule has 0 aromatic carbocycles. The number of hydrogen-bond acceptors (Lipinski definition) is 4. The zero-order chi connectivity index (χ0) is 16.2. The van der Waals surface area contributed by atoms with Crippen molar-refractivity contribution >= 4 is 0 Å². The maximum atomic E-state index is 12.0. The highest BCUT2D eigenvalue weighted by atomic mass is 16.1. The first-order chi connectivity index (χ1) is 11.1. The SMILES string of the molecule is Cc1ccc(=O)n(C2CCC(NC(C)c3cccnc3)CC2)n1. The molecule has 5 heteroatoms. The quantitative estimate of drug-likeness (QED) is 0.943. The normalized spacial score (nSPS) is 22.7. The van der Waals surface area contributed by atoms with Gasteiger partial charge in [-0.3, -0.25) is 9.78 Å². The third kappa shape index (κ3) is 3.85. The lowest BCUT2D eigenvalue weighted by Crippen LogP contribution is -2.37. The lowest BCUT2D eigenvalue weighted by Gasteiger charge is -2.31. The Bertz CT molecular complexity index is 690. The highest BCUT2D eigenvalue weighted by Crippen LogP contribution is 2.28. The average molecular weight is 312 g/mol. The van der Waals surface area contributed by atoms with Crippen LogP contribution in [0.15, 0.2) is 41.5 Å². The second kappa shape index (κ2) is 7.04. The zero-order valence-corrected chi connectivity index (χ0v) is 13.8. The van der Waals surface area contributed by atoms with Gasteiger partial charge < -0.3 is 5.32 Å². The Balaban J connectivity index is 1.58. The van der Waals surface area contributed by atoms with Gasteiger partial charge in [0.2, 0.25) is 0 Å². The number of aromatic nitrogens is 3. The molecule has 1 atom stereocenters. The molecule has 0 aliphatic heterocycles. The van der Waals surface area contributed by atoms with Crippen molar-refractivity contribution in [2.24, 2.45) is 0 Å². The predicted molar refractivity (Wildman–Crippen MR) is 90.3 cm³/mol. The Hall–Kier alpha value is -2.01. The van der Waals surface area contributed by atoms with Crippen molar-refractivity contribution in [3.8, 4) is 0 Å². The van der Waals surface area contributed by atoms with E-state index in [0.29, 0.717) is 12.1 Å². The van der Waals surface area contributed by atoms with Crippen molar-refractivity contribution < 1.29 is 0 Å². The van der Waals surface area contributed by atoms with Crippen LogP contribution in [0, 0.1) is 6.92 Å². The molecule has 1 aliphatic rings. The lowest BCUT2D eigenvalue weighted by molar-refractivity contribution is 0.258. The Morgan fingerprint density at radius 1 is 1.22 bits per heavy atom. The standard InChI is InChI=1S/C18H24N4O/c1-13-5-10-18(23)22(21-13)17-8-6-16(7-9-17)20-14(2)15-4-3-11-19-12-15/h3-5,10-12,14,16-17,20H,6-9H2,1-2H3. The summed E-state index contributed by atoms with van der Waals surface area (Å²) in [6.07, 6.45) is 7.84. The van der Waals surface area contributed by atoms with Crippen LogP contribution in [0.2, 0.25) is 0 Å². The summed E-state index contributed by atoms with van der Waals surface area (Å²) in [6.45, 7) is 4.11. The van der Waals surface area contributed by atoms with E-state index < -0.39 is 0 Å². The van der Waals surface area contributed by atoms with Crippen LogP contribution >= 0.6 is 0 Å². The van der Waals surface area contributed by atoms with Gasteiger partial charge in [-0.15, -0.1) is 0 Å². The largest absolute Gasteiger partial charge is 0.307 e. The number of pyridine rings is 1. The molecule has 1 N–H and O–H groups in total. The molecule has 0 bridgehead atoms. The highest BCUT2D eigenvalue weighted by molar-refractivity contribution is 5.13. The van der Waals surface area contributed by atoms with E-state index in [4.69, 9.17) is 0 Å². The van der Waals surface area contributed by atoms with Crippen molar-refractivity contribution in [3.05, 3.63) is 58.3 Å². The second-order valence-electron chi connectivity index (χ2n) is 6.44. The lowest BCUT2D eigenvalue weighted by atomic mass is 9.90. The first-order valence-electron chi connectivity index (χ1n) is 8.36. The average Bonchev–Trinajstić information content (AvgIpc) is 2.58. The van der Waals surface area contributed by atoms with Crippen LogP contribution in [0.1, 0.15) is 55.9 Å². The van der Waals surface area contributed by atoms with Gasteiger partial charge in [-0.25, -0.2) is 4.68 Å². The van der Waals surface area contributed by atoms with Crippen LogP contribution in [0.5, 0.6) is 0 Å². The van der Waals surface area contributed by atoms with Crippen molar-refractivity contribution in [2.75, 3.05) is 0 Å². The fourth-order valence-electron chi connectivity index (χ4n) is 3.35. The van der Waals surface area contributed by atoms with Crippen LogP contribution in [-0.2, 0) is 0 Å². The number of nitrogens with one attached hydrogen (secondary N) is 1. The van der Waals surface area contributed by atoms with Gasteiger partial charge in [0.05, 0.1) is 11.7 Å². The van der Waals surface area contributed by atoms with Gasteiger partial charge in [-0.05, 0) is 57.2 Å². The molecule has 0 spiro atoms. The van der Waals surface area contributed by atoms with Crippen molar-refractivity contribution in [1.29, 1.82) is 0 Å². The van der Waals surface area contributed by atoms with Crippen LogP contribution in [0.3, 0.4) is 0 Å². The molecule has 1 saturated carbocycles. The maximum Gasteiger partial charge on any atom is 0.267 e. The molecule has 1 unspecified atom stereocenters. The molecular formula is C18H24N4O. The van der Waals surface area contributed by atoms with Gasteiger partial charge in [-0.2, -0.15) is 5.10 Å². The van der Waals surface area contributed by atoms with Gasteiger partial charge in [-0.1, -0.05) is 6.07 Å². The van der Waals surface area contributed by atoms with E-state index in [0.717, 1.165) is 31.4 Å². The first-order valence-corrected chi connectivity index (χ1v) is 8.36. The van der Waals surface area contributed by atoms with Gasteiger partial charge in [0.25, 0.3) is 5.56 Å². The molecule has 1 fully saturated rings. The molecule has 23 heavy (non-hydrogen) atoms. The van der Waals surface area contributed by atoms with E-state index >= 15 is 0 Å². The summed E-state index contributed by atoms with van der Waals surface area (Å²) in [5.74, 6) is 0. The summed E-state index contributed by atoms with van der Waals surface area (Å²) < 4.78 is 1.68. The molecule has 1 aliphatic carbocycles. The molecule has 2 aromatic heterocycles. The zero-order valence-electron chi connectivity index (χ0n) is 13.8. The molecule has 0 radical (unpaired) electrons. The summed E-state index contributed by atoms with van der Waals surface area (Å²) >= 11 is 0. The molecular weight excluding hydrogens is 288 g/mol. The van der Waals surface area contributed by atoms with Gasteiger partial charge in [0, 0.05) is 30.5 Å². The first kappa shape index (κ1) is 15.9. The summed E-state index contributed by atoms with van der Waals surface area (Å²) in [4.78, 5) is 16.2. The second-order valence-corrected chi connectivity index (χ2v) is 6.44. The van der Waals surface area contributed by atoms with Crippen molar-refractivity contribution in [1.82, 2.24) is 20.1 Å². The van der Waals surface area contributed by atoms with Crippen LogP contribution in [0.4, 0.5) is 0 Å². The molecule has 122 valence electrons. The maximum absolute atomic E-state index is 12.0. The molecule has 0 amide bonds. The van der Waals surface area contributed by atoms with Gasteiger partial charge in [0.1, 0.15) is 0 Å². The number of aryl methyl sites for hydroxylation is 1. The van der Waals surface area contributed by atoms with Gasteiger partial charge >= 0.3 is 0 Å². The van der Waals surface area contributed by atoms with E-state index in [1.165, 1.54) is 5.56 Å². The minimum Gasteiger partial charge on any atom is -0.307 e. The number of rotatable bonds is 4. The summed E-state index contributed by atoms with van der Waals surface area (Å²) in [5.41, 5.74) is 2.12. The van der Waals surface area contributed by atoms with Crippen LogP contribution in [0.25, 0.3) is 0 Å². The Kier molecular flexibility index (Phi) is 4.86. The molecule has 2 heterocycles. The Morgan fingerprint density at radius 2 is 2.00 bits per heavy atom. The monoisotopic (exact) mass is 312 g/mol. The predicted octanol–water partition coefficient (Wildman–Crippen LogP) is 2.78. The van der Waals surface area contributed by atoms with E-state index in [1.807, 2.05) is 19.2 Å². The number of nitrogens with zero attached hydrogens (tertiary/aromatic N) is 3. The fourth-order valence-corrected chi connectivity index (χ4v) is 3.35. The third-order valence-corrected chi connectivity index (χ3v) is 4.67. The topological polar surface area (TPSA) is 59.8 Å². The minimum atomic E-state index is 0.00994. The Labute approximate surface area is 136 Å². The van der Waals surface area contributed by atoms with E-state index in [2.05, 4.69) is 28.4 Å². The molecule has 2 aromatic rings. The summed E-state index contributed by atoms with van der Waals surface area (Å²) in [7, 11) is 0. The van der Waals surface area contributed by atoms with E-state index in [9.17, 15) is 4.79 Å². The Morgan fingerprint density at radius 3 is 2.70 bits per heavy atom. The van der Waals surface area contributed by atoms with Crippen molar-refractivity contribution in [3.63, 3.8) is 0 Å².